The van der Waals surface area contributed by atoms with Gasteiger partial charge < -0.3 is 4.18 Å². The van der Waals surface area contributed by atoms with Crippen LogP contribution in [0.15, 0.2) is 0 Å². The van der Waals surface area contributed by atoms with Gasteiger partial charge in [-0.3, -0.25) is 0 Å². The standard InChI is InChI=1S/C5H18OS2Si2/c1-3-5-8(10,7-9)6-4-2/h3-5H2,1-2,9-10H3. The predicted octanol–water partition coefficient (Wildman–Crippen LogP) is 0.361. The highest BCUT2D eigenvalue weighted by Crippen LogP contribution is 2.54. The number of rotatable bonds is 5. The molecule has 0 saturated carbocycles. The second-order valence-electron chi connectivity index (χ2n) is 2.20. The van der Waals surface area contributed by atoms with E-state index in [1.807, 2.05) is 0 Å². The summed E-state index contributed by atoms with van der Waals surface area (Å²) in [6.45, 7) is 5.26. The van der Waals surface area contributed by atoms with Crippen LogP contribution in [-0.2, 0) is 4.18 Å². The van der Waals surface area contributed by atoms with E-state index in [9.17, 15) is 0 Å². The molecule has 0 aromatic carbocycles. The first-order valence-electron chi connectivity index (χ1n) is 3.64. The molecule has 0 N–H and O–H groups in total. The Morgan fingerprint density at radius 3 is 2.40 bits per heavy atom. The van der Waals surface area contributed by atoms with Crippen molar-refractivity contribution in [3.8, 4) is 0 Å². The molecule has 0 saturated heterocycles. The van der Waals surface area contributed by atoms with E-state index in [-0.39, 0.29) is 0 Å². The molecule has 1 unspecified atom stereocenters. The van der Waals surface area contributed by atoms with Gasteiger partial charge in [-0.2, -0.15) is 0 Å². The minimum absolute atomic E-state index is 0.560. The summed E-state index contributed by atoms with van der Waals surface area (Å²) in [7, 11) is 4.01. The van der Waals surface area contributed by atoms with E-state index in [0.717, 1.165) is 6.61 Å². The summed E-state index contributed by atoms with van der Waals surface area (Å²) in [6.07, 6.45) is 1.29. The van der Waals surface area contributed by atoms with Gasteiger partial charge in [0.15, 0.2) is 0 Å². The molecule has 0 bridgehead atoms. The third-order valence-corrected chi connectivity index (χ3v) is 24.1. The van der Waals surface area contributed by atoms with Crippen molar-refractivity contribution in [2.45, 2.75) is 20.3 Å². The Kier molecular flexibility index (Phi) is 6.33. The Bertz CT molecular complexity index is 85.7. The van der Waals surface area contributed by atoms with Gasteiger partial charge >= 0.3 is 0 Å². The molecule has 1 atom stereocenters. The van der Waals surface area contributed by atoms with Crippen LogP contribution < -0.4 is 0 Å². The molecule has 0 aliphatic heterocycles. The second kappa shape index (κ2) is 5.71. The Hall–Kier alpha value is 1.09. The van der Waals surface area contributed by atoms with Crippen LogP contribution >= 0.6 is 19.0 Å². The SMILES string of the molecule is CCCS([SiH3])(OCC)S[SiH3]. The monoisotopic (exact) mass is 214 g/mol. The van der Waals surface area contributed by atoms with E-state index in [2.05, 4.69) is 24.1 Å². The highest BCUT2D eigenvalue weighted by molar-refractivity contribution is 9.05. The highest BCUT2D eigenvalue weighted by atomic mass is 33.3. The predicted molar refractivity (Wildman–Crippen MR) is 61.8 cm³/mol. The molecule has 5 heteroatoms. The van der Waals surface area contributed by atoms with E-state index in [4.69, 9.17) is 4.18 Å². The molecule has 1 nitrogen and oxygen atoms in total. The van der Waals surface area contributed by atoms with Crippen LogP contribution in [0.4, 0.5) is 0 Å². The minimum Gasteiger partial charge on any atom is -0.334 e. The van der Waals surface area contributed by atoms with Crippen molar-refractivity contribution in [3.05, 3.63) is 0 Å². The molecular formula is C5H18OS2Si2. The van der Waals surface area contributed by atoms with Gasteiger partial charge in [0, 0.05) is 5.75 Å². The lowest BCUT2D eigenvalue weighted by Crippen LogP contribution is -2.04. The molecule has 0 aromatic heterocycles. The van der Waals surface area contributed by atoms with Crippen molar-refractivity contribution < 1.29 is 4.18 Å². The van der Waals surface area contributed by atoms with Gasteiger partial charge in [0.05, 0.1) is 25.4 Å². The first kappa shape index (κ1) is 11.1. The molecule has 10 heavy (non-hydrogen) atoms. The van der Waals surface area contributed by atoms with Crippen molar-refractivity contribution in [2.75, 3.05) is 12.4 Å². The number of hydrogen-bond donors (Lipinski definition) is 0. The largest absolute Gasteiger partial charge is 0.334 e. The molecule has 0 aliphatic carbocycles. The molecule has 0 heterocycles. The summed E-state index contributed by atoms with van der Waals surface area (Å²) in [5.74, 6) is 1.32. The van der Waals surface area contributed by atoms with Crippen LogP contribution in [0.1, 0.15) is 20.3 Å². The fourth-order valence-corrected chi connectivity index (χ4v) is 8.31. The minimum atomic E-state index is -0.560. The van der Waals surface area contributed by atoms with Crippen LogP contribution in [0, 0.1) is 0 Å². The lowest BCUT2D eigenvalue weighted by atomic mass is 10.6. The van der Waals surface area contributed by atoms with Gasteiger partial charge in [-0.1, -0.05) is 6.92 Å². The fourth-order valence-electron chi connectivity index (χ4n) is 0.810. The summed E-state index contributed by atoms with van der Waals surface area (Å²) in [5, 5.41) is 0. The van der Waals surface area contributed by atoms with Crippen LogP contribution in [0.5, 0.6) is 0 Å². The molecule has 0 fully saturated rings. The van der Waals surface area contributed by atoms with Crippen LogP contribution in [-0.4, -0.2) is 31.1 Å². The third kappa shape index (κ3) is 4.07. The first-order valence-corrected chi connectivity index (χ1v) is 12.4. The lowest BCUT2D eigenvalue weighted by Gasteiger charge is -2.33. The van der Waals surface area contributed by atoms with Gasteiger partial charge in [0.2, 0.25) is 0 Å². The molecule has 0 radical (unpaired) electrons. The van der Waals surface area contributed by atoms with Gasteiger partial charge in [-0.15, -0.1) is 19.0 Å². The van der Waals surface area contributed by atoms with Crippen molar-refractivity contribution in [2.24, 2.45) is 0 Å². The van der Waals surface area contributed by atoms with Gasteiger partial charge in [-0.25, -0.2) is 0 Å². The Labute approximate surface area is 74.7 Å². The second-order valence-corrected chi connectivity index (χ2v) is 16.9. The first-order chi connectivity index (χ1) is 4.68. The van der Waals surface area contributed by atoms with Crippen LogP contribution in [0.3, 0.4) is 0 Å². The molecule has 0 rings (SSSR count). The van der Waals surface area contributed by atoms with Crippen molar-refractivity contribution >= 4 is 37.8 Å². The maximum absolute atomic E-state index is 5.76. The van der Waals surface area contributed by atoms with E-state index in [0.29, 0.717) is 0 Å². The van der Waals surface area contributed by atoms with Gasteiger partial charge in [-0.05, 0) is 13.3 Å². The quantitative estimate of drug-likeness (QED) is 0.483. The zero-order valence-electron chi connectivity index (χ0n) is 7.35. The summed E-state index contributed by atoms with van der Waals surface area (Å²) < 4.78 is 5.76. The van der Waals surface area contributed by atoms with E-state index in [1.165, 1.54) is 31.0 Å². The zero-order valence-corrected chi connectivity index (χ0v) is 13.0. The summed E-state index contributed by atoms with van der Waals surface area (Å²) in [4.78, 5) is 0. The Balaban J connectivity index is 3.69. The molecule has 0 aromatic rings. The Morgan fingerprint density at radius 2 is 2.10 bits per heavy atom. The van der Waals surface area contributed by atoms with Crippen LogP contribution in [0.2, 0.25) is 0 Å². The van der Waals surface area contributed by atoms with Crippen LogP contribution in [0.25, 0.3) is 0 Å². The lowest BCUT2D eigenvalue weighted by molar-refractivity contribution is 0.396. The fraction of sp³-hybridized carbons (Fsp3) is 1.00. The topological polar surface area (TPSA) is 9.23 Å². The average molecular weight is 215 g/mol. The maximum atomic E-state index is 5.76. The van der Waals surface area contributed by atoms with Gasteiger partial charge in [0.25, 0.3) is 0 Å². The molecule has 64 valence electrons. The van der Waals surface area contributed by atoms with E-state index >= 15 is 0 Å². The highest BCUT2D eigenvalue weighted by Gasteiger charge is 2.13. The normalized spacial score (nSPS) is 20.6. The molecule has 0 spiro atoms. The van der Waals surface area contributed by atoms with Crippen molar-refractivity contribution in [1.82, 2.24) is 0 Å². The van der Waals surface area contributed by atoms with E-state index in [1.54, 1.807) is 0 Å². The summed E-state index contributed by atoms with van der Waals surface area (Å²) in [6, 6.07) is 0. The van der Waals surface area contributed by atoms with Crippen molar-refractivity contribution in [3.63, 3.8) is 0 Å². The smallest absolute Gasteiger partial charge is 0.0902 e. The molecule has 0 aliphatic rings. The van der Waals surface area contributed by atoms with Crippen molar-refractivity contribution in [1.29, 1.82) is 0 Å². The van der Waals surface area contributed by atoms with E-state index < -0.39 is 8.79 Å². The Morgan fingerprint density at radius 1 is 1.50 bits per heavy atom. The molecular weight excluding hydrogens is 196 g/mol. The summed E-state index contributed by atoms with van der Waals surface area (Å²) >= 11 is 0. The summed E-state index contributed by atoms with van der Waals surface area (Å²) in [5.41, 5.74) is 0. The maximum Gasteiger partial charge on any atom is 0.0902 e. The molecule has 0 amide bonds. The third-order valence-electron chi connectivity index (χ3n) is 1.29. The average Bonchev–Trinajstić information content (AvgIpc) is 1.89. The number of hydrogen-bond acceptors (Lipinski definition) is 2. The van der Waals surface area contributed by atoms with Gasteiger partial charge in [0.1, 0.15) is 0 Å². The zero-order chi connectivity index (χ0) is 8.04.